The van der Waals surface area contributed by atoms with Gasteiger partial charge in [0.1, 0.15) is 0 Å². The lowest BCUT2D eigenvalue weighted by Gasteiger charge is -2.33. The van der Waals surface area contributed by atoms with Crippen LogP contribution < -0.4 is 5.73 Å². The summed E-state index contributed by atoms with van der Waals surface area (Å²) in [6.07, 6.45) is -2.48. The Kier molecular flexibility index (Phi) is 4.43. The molecule has 1 atom stereocenters. The molecule has 1 aliphatic rings. The van der Waals surface area contributed by atoms with Crippen molar-refractivity contribution in [1.29, 1.82) is 0 Å². The number of nitrogens with two attached hydrogens (primary N) is 1. The molecule has 4 heteroatoms. The van der Waals surface area contributed by atoms with E-state index in [1.165, 1.54) is 5.56 Å². The van der Waals surface area contributed by atoms with Crippen LogP contribution in [0.3, 0.4) is 0 Å². The average Bonchev–Trinajstić information content (AvgIpc) is 2.37. The molecule has 0 aromatic heterocycles. The Morgan fingerprint density at radius 3 is 2.20 bits per heavy atom. The number of alkyl halides is 3. The third kappa shape index (κ3) is 3.35. The van der Waals surface area contributed by atoms with Crippen molar-refractivity contribution < 1.29 is 13.2 Å². The minimum Gasteiger partial charge on any atom is -0.324 e. The van der Waals surface area contributed by atoms with Gasteiger partial charge < -0.3 is 5.73 Å². The van der Waals surface area contributed by atoms with Crippen LogP contribution in [0.5, 0.6) is 0 Å². The molecule has 0 heterocycles. The van der Waals surface area contributed by atoms with Gasteiger partial charge >= 0.3 is 6.18 Å². The minimum absolute atomic E-state index is 0.148. The van der Waals surface area contributed by atoms with Gasteiger partial charge in [0.05, 0.1) is 5.92 Å². The molecule has 0 aliphatic heterocycles. The molecular formula is C16H22F3N. The molecule has 1 aromatic carbocycles. The van der Waals surface area contributed by atoms with Gasteiger partial charge in [-0.25, -0.2) is 0 Å². The van der Waals surface area contributed by atoms with Gasteiger partial charge in [-0.1, -0.05) is 23.8 Å². The summed E-state index contributed by atoms with van der Waals surface area (Å²) < 4.78 is 38.0. The maximum atomic E-state index is 12.7. The van der Waals surface area contributed by atoms with Crippen molar-refractivity contribution in [3.05, 3.63) is 34.9 Å². The largest absolute Gasteiger partial charge is 0.391 e. The van der Waals surface area contributed by atoms with E-state index in [1.807, 2.05) is 26.0 Å². The maximum Gasteiger partial charge on any atom is 0.391 e. The van der Waals surface area contributed by atoms with Crippen LogP contribution in [0.4, 0.5) is 13.2 Å². The Hall–Kier alpha value is -1.03. The molecule has 1 aromatic rings. The Bertz CT molecular complexity index is 459. The van der Waals surface area contributed by atoms with E-state index in [-0.39, 0.29) is 24.8 Å². The first-order chi connectivity index (χ1) is 9.29. The maximum absolute atomic E-state index is 12.7. The SMILES string of the molecule is Cc1ccc(C(N)C2CCC(C(F)(F)F)CC2)c(C)c1. The lowest BCUT2D eigenvalue weighted by Crippen LogP contribution is -2.32. The van der Waals surface area contributed by atoms with Crippen LogP contribution in [0.15, 0.2) is 18.2 Å². The fourth-order valence-electron chi connectivity index (χ4n) is 3.26. The van der Waals surface area contributed by atoms with Crippen molar-refractivity contribution in [3.63, 3.8) is 0 Å². The molecule has 1 unspecified atom stereocenters. The van der Waals surface area contributed by atoms with Gasteiger partial charge in [0.2, 0.25) is 0 Å². The number of aryl methyl sites for hydroxylation is 2. The first-order valence-corrected chi connectivity index (χ1v) is 7.18. The third-order valence-electron chi connectivity index (χ3n) is 4.53. The first-order valence-electron chi connectivity index (χ1n) is 7.18. The minimum atomic E-state index is -4.05. The number of halogens is 3. The molecule has 0 saturated heterocycles. The zero-order valence-corrected chi connectivity index (χ0v) is 12.0. The van der Waals surface area contributed by atoms with Crippen molar-refractivity contribution in [2.75, 3.05) is 0 Å². The molecule has 0 bridgehead atoms. The van der Waals surface area contributed by atoms with Crippen molar-refractivity contribution in [2.45, 2.75) is 51.7 Å². The summed E-state index contributed by atoms with van der Waals surface area (Å²) in [6, 6.07) is 5.97. The Labute approximate surface area is 118 Å². The highest BCUT2D eigenvalue weighted by atomic mass is 19.4. The van der Waals surface area contributed by atoms with E-state index < -0.39 is 12.1 Å². The van der Waals surface area contributed by atoms with Crippen LogP contribution in [-0.2, 0) is 0 Å². The second-order valence-electron chi connectivity index (χ2n) is 6.04. The summed E-state index contributed by atoms with van der Waals surface area (Å²) in [5.74, 6) is -0.972. The highest BCUT2D eigenvalue weighted by molar-refractivity contribution is 5.33. The zero-order valence-electron chi connectivity index (χ0n) is 12.0. The average molecular weight is 285 g/mol. The van der Waals surface area contributed by atoms with Crippen LogP contribution in [-0.4, -0.2) is 6.18 Å². The van der Waals surface area contributed by atoms with Crippen molar-refractivity contribution in [1.82, 2.24) is 0 Å². The molecule has 1 fully saturated rings. The van der Waals surface area contributed by atoms with Crippen LogP contribution in [0, 0.1) is 25.7 Å². The van der Waals surface area contributed by atoms with Gasteiger partial charge in [-0.05, 0) is 56.6 Å². The van der Waals surface area contributed by atoms with Crippen LogP contribution in [0.2, 0.25) is 0 Å². The highest BCUT2D eigenvalue weighted by Crippen LogP contribution is 2.42. The Balaban J connectivity index is 2.03. The highest BCUT2D eigenvalue weighted by Gasteiger charge is 2.42. The molecule has 20 heavy (non-hydrogen) atoms. The summed E-state index contributed by atoms with van der Waals surface area (Å²) >= 11 is 0. The summed E-state index contributed by atoms with van der Waals surface area (Å²) in [4.78, 5) is 0. The van der Waals surface area contributed by atoms with Gasteiger partial charge in [-0.3, -0.25) is 0 Å². The molecule has 112 valence electrons. The number of hydrogen-bond donors (Lipinski definition) is 1. The van der Waals surface area contributed by atoms with E-state index in [4.69, 9.17) is 5.73 Å². The number of benzene rings is 1. The van der Waals surface area contributed by atoms with Crippen LogP contribution in [0.25, 0.3) is 0 Å². The van der Waals surface area contributed by atoms with Gasteiger partial charge in [-0.2, -0.15) is 13.2 Å². The lowest BCUT2D eigenvalue weighted by molar-refractivity contribution is -0.184. The topological polar surface area (TPSA) is 26.0 Å². The van der Waals surface area contributed by atoms with Crippen molar-refractivity contribution >= 4 is 0 Å². The molecule has 1 saturated carbocycles. The quantitative estimate of drug-likeness (QED) is 0.839. The van der Waals surface area contributed by atoms with E-state index in [2.05, 4.69) is 6.07 Å². The molecule has 1 nitrogen and oxygen atoms in total. The molecule has 2 rings (SSSR count). The molecule has 0 amide bonds. The normalized spacial score (nSPS) is 25.5. The molecule has 2 N–H and O–H groups in total. The van der Waals surface area contributed by atoms with E-state index in [1.54, 1.807) is 0 Å². The number of rotatable bonds is 2. The standard InChI is InChI=1S/C16H22F3N/c1-10-3-8-14(11(2)9-10)15(20)12-4-6-13(7-5-12)16(17,18)19/h3,8-9,12-13,15H,4-7,20H2,1-2H3. The molecule has 0 spiro atoms. The Morgan fingerprint density at radius 2 is 1.70 bits per heavy atom. The fourth-order valence-corrected chi connectivity index (χ4v) is 3.26. The monoisotopic (exact) mass is 285 g/mol. The van der Waals surface area contributed by atoms with E-state index >= 15 is 0 Å². The summed E-state index contributed by atoms with van der Waals surface area (Å²) in [7, 11) is 0. The third-order valence-corrected chi connectivity index (χ3v) is 4.53. The summed E-state index contributed by atoms with van der Waals surface area (Å²) in [5.41, 5.74) is 9.68. The van der Waals surface area contributed by atoms with E-state index in [0.29, 0.717) is 12.8 Å². The number of hydrogen-bond acceptors (Lipinski definition) is 1. The van der Waals surface area contributed by atoms with Crippen molar-refractivity contribution in [3.8, 4) is 0 Å². The second-order valence-corrected chi connectivity index (χ2v) is 6.04. The summed E-state index contributed by atoms with van der Waals surface area (Å²) in [6.45, 7) is 4.04. The van der Waals surface area contributed by atoms with E-state index in [0.717, 1.165) is 11.1 Å². The van der Waals surface area contributed by atoms with Gasteiger partial charge in [0.25, 0.3) is 0 Å². The molecule has 1 aliphatic carbocycles. The van der Waals surface area contributed by atoms with Gasteiger partial charge in [0, 0.05) is 6.04 Å². The predicted octanol–water partition coefficient (Wildman–Crippen LogP) is 4.67. The first kappa shape index (κ1) is 15.4. The lowest BCUT2D eigenvalue weighted by atomic mass is 9.76. The molecule has 0 radical (unpaired) electrons. The van der Waals surface area contributed by atoms with Gasteiger partial charge in [-0.15, -0.1) is 0 Å². The van der Waals surface area contributed by atoms with Crippen molar-refractivity contribution in [2.24, 2.45) is 17.6 Å². The van der Waals surface area contributed by atoms with Crippen LogP contribution >= 0.6 is 0 Å². The Morgan fingerprint density at radius 1 is 1.10 bits per heavy atom. The smallest absolute Gasteiger partial charge is 0.324 e. The molecular weight excluding hydrogens is 263 g/mol. The fraction of sp³-hybridized carbons (Fsp3) is 0.625. The predicted molar refractivity (Wildman–Crippen MR) is 74.3 cm³/mol. The summed E-state index contributed by atoms with van der Waals surface area (Å²) in [5, 5.41) is 0. The second kappa shape index (κ2) is 5.76. The zero-order chi connectivity index (χ0) is 14.9. The van der Waals surface area contributed by atoms with E-state index in [9.17, 15) is 13.2 Å². The van der Waals surface area contributed by atoms with Crippen LogP contribution in [0.1, 0.15) is 48.4 Å². The van der Waals surface area contributed by atoms with Gasteiger partial charge in [0.15, 0.2) is 0 Å².